The van der Waals surface area contributed by atoms with E-state index >= 15 is 0 Å². The van der Waals surface area contributed by atoms with Crippen LogP contribution in [0.1, 0.15) is 13.8 Å². The van der Waals surface area contributed by atoms with Gasteiger partial charge in [0.1, 0.15) is 0 Å². The van der Waals surface area contributed by atoms with Crippen LogP contribution in [0.2, 0.25) is 0 Å². The molecule has 0 unspecified atom stereocenters. The highest BCUT2D eigenvalue weighted by Crippen LogP contribution is 2.02. The molecule has 5 nitrogen and oxygen atoms in total. The largest absolute Gasteiger partial charge is 0.412 e. The van der Waals surface area contributed by atoms with Crippen LogP contribution >= 0.6 is 0 Å². The Labute approximate surface area is 103 Å². The summed E-state index contributed by atoms with van der Waals surface area (Å²) in [4.78, 5) is 0.264. The third kappa shape index (κ3) is 8.61. The van der Waals surface area contributed by atoms with Crippen LogP contribution in [0.5, 0.6) is 0 Å². The van der Waals surface area contributed by atoms with Crippen LogP contribution in [0.3, 0.4) is 0 Å². The van der Waals surface area contributed by atoms with Gasteiger partial charge < -0.3 is 5.48 Å². The molecule has 0 aliphatic heterocycles. The summed E-state index contributed by atoms with van der Waals surface area (Å²) in [6, 6.07) is 0. The van der Waals surface area contributed by atoms with Crippen LogP contribution in [0, 0.1) is 0 Å². The summed E-state index contributed by atoms with van der Waals surface area (Å²) in [6.45, 7) is 15.5. The van der Waals surface area contributed by atoms with Gasteiger partial charge in [0.05, 0.1) is 0 Å². The second-order valence-corrected chi connectivity index (χ2v) is 7.07. The van der Waals surface area contributed by atoms with Gasteiger partial charge in [-0.1, -0.05) is 26.3 Å². The van der Waals surface area contributed by atoms with Crippen molar-refractivity contribution in [2.24, 2.45) is 0 Å². The van der Waals surface area contributed by atoms with Crippen molar-refractivity contribution in [2.75, 3.05) is 0 Å². The second-order valence-electron chi connectivity index (χ2n) is 2.83. The molecule has 17 heavy (non-hydrogen) atoms. The topological polar surface area (TPSA) is 99.8 Å². The molecule has 0 atom stereocenters. The predicted octanol–water partition coefficient (Wildman–Crippen LogP) is 1.33. The fourth-order valence-electron chi connectivity index (χ4n) is 0.285. The summed E-state index contributed by atoms with van der Waals surface area (Å²) in [5.41, 5.74) is 0. The minimum Gasteiger partial charge on any atom is -0.412 e. The van der Waals surface area contributed by atoms with E-state index in [9.17, 15) is 16.8 Å². The molecular formula is C10H18O5S2. The summed E-state index contributed by atoms with van der Waals surface area (Å²) < 4.78 is 41.9. The molecule has 100 valence electrons. The first-order valence-corrected chi connectivity index (χ1v) is 7.16. The normalized spacial score (nSPS) is 10.0. The Morgan fingerprint density at radius 2 is 1.00 bits per heavy atom. The molecule has 0 heterocycles. The van der Waals surface area contributed by atoms with E-state index in [-0.39, 0.29) is 15.3 Å². The third-order valence-electron chi connectivity index (χ3n) is 1.41. The average molecular weight is 282 g/mol. The maximum atomic E-state index is 10.5. The van der Waals surface area contributed by atoms with Crippen molar-refractivity contribution < 1.29 is 22.3 Å². The third-order valence-corrected chi connectivity index (χ3v) is 4.23. The highest BCUT2D eigenvalue weighted by molar-refractivity contribution is 7.98. The molecule has 0 saturated heterocycles. The monoisotopic (exact) mass is 282 g/mol. The van der Waals surface area contributed by atoms with E-state index in [1.165, 1.54) is 13.8 Å². The SMILES string of the molecule is C=CS(=O)(=O)C(=C)C.C=CS(=O)(=O)C(=C)C.O. The lowest BCUT2D eigenvalue weighted by Crippen LogP contribution is -1.92. The number of hydrogen-bond donors (Lipinski definition) is 0. The van der Waals surface area contributed by atoms with Gasteiger partial charge in [-0.25, -0.2) is 16.8 Å². The quantitative estimate of drug-likeness (QED) is 0.776. The molecule has 0 amide bonds. The lowest BCUT2D eigenvalue weighted by atomic mass is 10.8. The first-order valence-electron chi connectivity index (χ1n) is 4.07. The van der Waals surface area contributed by atoms with Gasteiger partial charge in [0.25, 0.3) is 0 Å². The number of rotatable bonds is 4. The first-order chi connectivity index (χ1) is 7.01. The Balaban J connectivity index is -0.000000218. The Kier molecular flexibility index (Phi) is 9.94. The molecule has 2 N–H and O–H groups in total. The molecule has 0 radical (unpaired) electrons. The minimum atomic E-state index is -3.17. The minimum absolute atomic E-state index is 0. The second kappa shape index (κ2) is 7.99. The van der Waals surface area contributed by atoms with E-state index in [2.05, 4.69) is 26.3 Å². The van der Waals surface area contributed by atoms with Crippen molar-refractivity contribution in [3.05, 3.63) is 46.9 Å². The highest BCUT2D eigenvalue weighted by atomic mass is 32.2. The van der Waals surface area contributed by atoms with Gasteiger partial charge in [0.2, 0.25) is 0 Å². The fourth-order valence-corrected chi connectivity index (χ4v) is 0.854. The van der Waals surface area contributed by atoms with Crippen molar-refractivity contribution in [3.8, 4) is 0 Å². The Hall–Kier alpha value is -1.18. The smallest absolute Gasteiger partial charge is 0.194 e. The fraction of sp³-hybridized carbons (Fsp3) is 0.200. The number of allylic oxidation sites excluding steroid dienone is 2. The summed E-state index contributed by atoms with van der Waals surface area (Å²) in [6.07, 6.45) is 0. The van der Waals surface area contributed by atoms with Gasteiger partial charge >= 0.3 is 0 Å². The molecule has 0 aromatic heterocycles. The number of sulfone groups is 2. The van der Waals surface area contributed by atoms with E-state index in [0.717, 1.165) is 10.8 Å². The van der Waals surface area contributed by atoms with Crippen LogP contribution in [0.25, 0.3) is 0 Å². The molecule has 0 saturated carbocycles. The lowest BCUT2D eigenvalue weighted by molar-refractivity contribution is 0.608. The predicted molar refractivity (Wildman–Crippen MR) is 71.5 cm³/mol. The Bertz CT molecular complexity index is 447. The molecule has 0 rings (SSSR count). The van der Waals surface area contributed by atoms with Gasteiger partial charge in [0, 0.05) is 20.6 Å². The molecule has 0 bridgehead atoms. The Morgan fingerprint density at radius 1 is 0.824 bits per heavy atom. The zero-order valence-electron chi connectivity index (χ0n) is 9.93. The molecular weight excluding hydrogens is 264 g/mol. The maximum Gasteiger partial charge on any atom is 0.194 e. The van der Waals surface area contributed by atoms with Crippen LogP contribution in [0.4, 0.5) is 0 Å². The molecule has 0 aromatic carbocycles. The van der Waals surface area contributed by atoms with Crippen LogP contribution in [-0.2, 0) is 19.7 Å². The molecule has 0 aromatic rings. The van der Waals surface area contributed by atoms with Crippen molar-refractivity contribution in [3.63, 3.8) is 0 Å². The van der Waals surface area contributed by atoms with Crippen molar-refractivity contribution in [1.82, 2.24) is 0 Å². The molecule has 0 spiro atoms. The van der Waals surface area contributed by atoms with Crippen molar-refractivity contribution in [2.45, 2.75) is 13.8 Å². The van der Waals surface area contributed by atoms with Crippen molar-refractivity contribution in [1.29, 1.82) is 0 Å². The summed E-state index contributed by atoms with van der Waals surface area (Å²) >= 11 is 0. The zero-order chi connectivity index (χ0) is 13.6. The van der Waals surface area contributed by atoms with E-state index in [0.29, 0.717) is 0 Å². The van der Waals surface area contributed by atoms with Gasteiger partial charge in [-0.2, -0.15) is 0 Å². The van der Waals surface area contributed by atoms with E-state index in [1.54, 1.807) is 0 Å². The first kappa shape index (κ1) is 21.1. The molecule has 0 aliphatic rings. The van der Waals surface area contributed by atoms with Crippen molar-refractivity contribution >= 4 is 19.7 Å². The van der Waals surface area contributed by atoms with Gasteiger partial charge in [-0.15, -0.1) is 0 Å². The summed E-state index contributed by atoms with van der Waals surface area (Å²) in [5.74, 6) is 0. The standard InChI is InChI=1S/2C5H8O2S.H2O/c2*1-4-8(6,7)5(2)3;/h2*4H,1-2H2,3H3;1H2. The summed E-state index contributed by atoms with van der Waals surface area (Å²) in [5, 5.41) is 1.77. The summed E-state index contributed by atoms with van der Waals surface area (Å²) in [7, 11) is -6.33. The van der Waals surface area contributed by atoms with Gasteiger partial charge in [0.15, 0.2) is 19.7 Å². The van der Waals surface area contributed by atoms with E-state index < -0.39 is 19.7 Å². The number of hydrogen-bond acceptors (Lipinski definition) is 4. The molecule has 0 aliphatic carbocycles. The maximum absolute atomic E-state index is 10.5. The van der Waals surface area contributed by atoms with Crippen LogP contribution < -0.4 is 0 Å². The highest BCUT2D eigenvalue weighted by Gasteiger charge is 2.02. The van der Waals surface area contributed by atoms with Crippen LogP contribution in [-0.4, -0.2) is 22.3 Å². The Morgan fingerprint density at radius 3 is 1.00 bits per heavy atom. The van der Waals surface area contributed by atoms with E-state index in [4.69, 9.17) is 0 Å². The van der Waals surface area contributed by atoms with Gasteiger partial charge in [-0.05, 0) is 13.8 Å². The lowest BCUT2D eigenvalue weighted by Gasteiger charge is -1.90. The van der Waals surface area contributed by atoms with Crippen LogP contribution in [0.15, 0.2) is 46.9 Å². The molecule has 7 heteroatoms. The van der Waals surface area contributed by atoms with Gasteiger partial charge in [-0.3, -0.25) is 0 Å². The average Bonchev–Trinajstić information content (AvgIpc) is 2.18. The van der Waals surface area contributed by atoms with E-state index in [1.807, 2.05) is 0 Å². The molecule has 0 fully saturated rings. The zero-order valence-corrected chi connectivity index (χ0v) is 11.6.